The monoisotopic (exact) mass is 242 g/mol. The molecule has 0 bridgehead atoms. The van der Waals surface area contributed by atoms with Crippen molar-refractivity contribution in [3.8, 4) is 0 Å². The number of hydrogen-bond acceptors (Lipinski definition) is 3. The third kappa shape index (κ3) is 3.88. The average Bonchev–Trinajstić information content (AvgIpc) is 2.29. The third-order valence-electron chi connectivity index (χ3n) is 1.70. The van der Waals surface area contributed by atoms with Crippen molar-refractivity contribution in [1.29, 1.82) is 0 Å². The molecule has 3 N–H and O–H groups in total. The van der Waals surface area contributed by atoms with E-state index in [0.717, 1.165) is 0 Å². The third-order valence-corrected chi connectivity index (χ3v) is 1.94. The zero-order valence-electron chi connectivity index (χ0n) is 8.37. The topological polar surface area (TPSA) is 78.4 Å². The van der Waals surface area contributed by atoms with E-state index in [-0.39, 0.29) is 11.8 Å². The molecule has 0 aliphatic rings. The molecule has 0 atom stereocenters. The maximum Gasteiger partial charge on any atom is 0.250 e. The zero-order chi connectivity index (χ0) is 12.0. The molecule has 0 unspecified atom stereocenters. The van der Waals surface area contributed by atoms with Gasteiger partial charge in [0.2, 0.25) is 11.8 Å². The summed E-state index contributed by atoms with van der Waals surface area (Å²) in [4.78, 5) is 21.9. The Bertz CT molecular complexity index is 362. The van der Waals surface area contributed by atoms with Crippen molar-refractivity contribution in [3.05, 3.63) is 24.3 Å². The van der Waals surface area contributed by atoms with Gasteiger partial charge in [-0.15, -0.1) is 11.6 Å². The molecule has 2 amide bonds. The number of rotatable bonds is 4. The Morgan fingerprint density at radius 1 is 1.19 bits per heavy atom. The Hall–Kier alpha value is -1.59. The molecule has 0 radical (unpaired) electrons. The van der Waals surface area contributed by atoms with Gasteiger partial charge in [-0.25, -0.2) is 0 Å². The molecule has 0 aliphatic heterocycles. The lowest BCUT2D eigenvalue weighted by molar-refractivity contribution is -0.118. The average molecular weight is 243 g/mol. The molecular weight excluding hydrogens is 232 g/mol. The standard InChI is InChI=1S/C10H11ClN2O3/c11-5-9(15)12-7-2-1-3-8(4-7)13-10(16)6-14/h1-4,14H,5-6H2,(H,12,15)(H,13,16). The molecule has 86 valence electrons. The summed E-state index contributed by atoms with van der Waals surface area (Å²) in [5.74, 6) is -0.971. The number of hydrogen-bond donors (Lipinski definition) is 3. The highest BCUT2D eigenvalue weighted by Gasteiger charge is 2.03. The number of aliphatic hydroxyl groups is 1. The van der Waals surface area contributed by atoms with Gasteiger partial charge in [-0.3, -0.25) is 9.59 Å². The van der Waals surface area contributed by atoms with Gasteiger partial charge in [0.15, 0.2) is 0 Å². The van der Waals surface area contributed by atoms with E-state index in [2.05, 4.69) is 10.6 Å². The zero-order valence-corrected chi connectivity index (χ0v) is 9.12. The minimum atomic E-state index is -0.585. The van der Waals surface area contributed by atoms with E-state index < -0.39 is 12.5 Å². The van der Waals surface area contributed by atoms with Gasteiger partial charge < -0.3 is 15.7 Å². The molecule has 0 fully saturated rings. The molecule has 1 aromatic carbocycles. The second-order valence-corrected chi connectivity index (χ2v) is 3.24. The summed E-state index contributed by atoms with van der Waals surface area (Å²) in [6.45, 7) is -0.585. The molecular formula is C10H11ClN2O3. The van der Waals surface area contributed by atoms with Crippen LogP contribution in [0.3, 0.4) is 0 Å². The molecule has 0 saturated heterocycles. The number of halogens is 1. The van der Waals surface area contributed by atoms with E-state index >= 15 is 0 Å². The van der Waals surface area contributed by atoms with Crippen LogP contribution < -0.4 is 10.6 Å². The molecule has 1 aromatic rings. The van der Waals surface area contributed by atoms with Gasteiger partial charge in [-0.1, -0.05) is 6.07 Å². The van der Waals surface area contributed by atoms with E-state index in [4.69, 9.17) is 16.7 Å². The lowest BCUT2D eigenvalue weighted by atomic mass is 10.2. The summed E-state index contributed by atoms with van der Waals surface area (Å²) in [6.07, 6.45) is 0. The summed E-state index contributed by atoms with van der Waals surface area (Å²) >= 11 is 5.33. The van der Waals surface area contributed by atoms with Crippen LogP contribution in [0.4, 0.5) is 11.4 Å². The Morgan fingerprint density at radius 3 is 2.25 bits per heavy atom. The second-order valence-electron chi connectivity index (χ2n) is 2.97. The lowest BCUT2D eigenvalue weighted by Gasteiger charge is -2.06. The van der Waals surface area contributed by atoms with Gasteiger partial charge in [-0.2, -0.15) is 0 Å². The van der Waals surface area contributed by atoms with Crippen LogP contribution in [-0.4, -0.2) is 29.4 Å². The van der Waals surface area contributed by atoms with Crippen molar-refractivity contribution in [2.75, 3.05) is 23.1 Å². The first-order chi connectivity index (χ1) is 7.65. The fraction of sp³-hybridized carbons (Fsp3) is 0.200. The quantitative estimate of drug-likeness (QED) is 0.684. The number of carbonyl (C=O) groups is 2. The Balaban J connectivity index is 2.71. The van der Waals surface area contributed by atoms with Crippen LogP contribution in [0.5, 0.6) is 0 Å². The summed E-state index contributed by atoms with van der Waals surface area (Å²) < 4.78 is 0. The van der Waals surface area contributed by atoms with Gasteiger partial charge >= 0.3 is 0 Å². The van der Waals surface area contributed by atoms with E-state index in [0.29, 0.717) is 11.4 Å². The maximum atomic E-state index is 11.0. The molecule has 0 aliphatic carbocycles. The van der Waals surface area contributed by atoms with Crippen molar-refractivity contribution in [2.24, 2.45) is 0 Å². The predicted molar refractivity (Wildman–Crippen MR) is 61.5 cm³/mol. The van der Waals surface area contributed by atoms with E-state index in [1.165, 1.54) is 0 Å². The van der Waals surface area contributed by atoms with Gasteiger partial charge in [-0.05, 0) is 18.2 Å². The van der Waals surface area contributed by atoms with Crippen molar-refractivity contribution in [1.82, 2.24) is 0 Å². The van der Waals surface area contributed by atoms with Crippen LogP contribution >= 0.6 is 11.6 Å². The van der Waals surface area contributed by atoms with E-state index in [1.54, 1.807) is 24.3 Å². The van der Waals surface area contributed by atoms with E-state index in [1.807, 2.05) is 0 Å². The fourth-order valence-electron chi connectivity index (χ4n) is 1.07. The van der Waals surface area contributed by atoms with Crippen LogP contribution in [-0.2, 0) is 9.59 Å². The first kappa shape index (κ1) is 12.5. The highest BCUT2D eigenvalue weighted by atomic mass is 35.5. The minimum absolute atomic E-state index is 0.132. The molecule has 5 nitrogen and oxygen atoms in total. The van der Waals surface area contributed by atoms with Crippen molar-refractivity contribution < 1.29 is 14.7 Å². The molecule has 0 aromatic heterocycles. The number of aliphatic hydroxyl groups excluding tert-OH is 1. The van der Waals surface area contributed by atoms with Gasteiger partial charge in [0.1, 0.15) is 12.5 Å². The minimum Gasteiger partial charge on any atom is -0.387 e. The van der Waals surface area contributed by atoms with Crippen LogP contribution in [0.25, 0.3) is 0 Å². The summed E-state index contributed by atoms with van der Waals surface area (Å²) in [5.41, 5.74) is 1.02. The first-order valence-electron chi connectivity index (χ1n) is 4.52. The van der Waals surface area contributed by atoms with Crippen LogP contribution in [0.2, 0.25) is 0 Å². The summed E-state index contributed by atoms with van der Waals surface area (Å²) in [5, 5.41) is 13.5. The van der Waals surface area contributed by atoms with Crippen molar-refractivity contribution in [3.63, 3.8) is 0 Å². The van der Waals surface area contributed by atoms with Crippen LogP contribution in [0, 0.1) is 0 Å². The summed E-state index contributed by atoms with van der Waals surface area (Å²) in [7, 11) is 0. The highest BCUT2D eigenvalue weighted by molar-refractivity contribution is 6.29. The molecule has 1 rings (SSSR count). The maximum absolute atomic E-state index is 11.0. The number of alkyl halides is 1. The SMILES string of the molecule is O=C(CO)Nc1cccc(NC(=O)CCl)c1. The van der Waals surface area contributed by atoms with E-state index in [9.17, 15) is 9.59 Å². The van der Waals surface area contributed by atoms with Gasteiger partial charge in [0, 0.05) is 11.4 Å². The largest absolute Gasteiger partial charge is 0.387 e. The van der Waals surface area contributed by atoms with Crippen molar-refractivity contribution >= 4 is 34.8 Å². The fourth-order valence-corrected chi connectivity index (χ4v) is 1.14. The Morgan fingerprint density at radius 2 is 1.75 bits per heavy atom. The first-order valence-corrected chi connectivity index (χ1v) is 5.05. The number of nitrogens with one attached hydrogen (secondary N) is 2. The summed E-state index contributed by atoms with van der Waals surface area (Å²) in [6, 6.07) is 6.54. The molecule has 6 heteroatoms. The molecule has 0 heterocycles. The van der Waals surface area contributed by atoms with Crippen LogP contribution in [0.15, 0.2) is 24.3 Å². The van der Waals surface area contributed by atoms with Crippen molar-refractivity contribution in [2.45, 2.75) is 0 Å². The lowest BCUT2D eigenvalue weighted by Crippen LogP contribution is -2.16. The second kappa shape index (κ2) is 6.09. The molecule has 0 saturated carbocycles. The number of benzene rings is 1. The highest BCUT2D eigenvalue weighted by Crippen LogP contribution is 2.14. The normalized spacial score (nSPS) is 9.62. The predicted octanol–water partition coefficient (Wildman–Crippen LogP) is 0.795. The van der Waals surface area contributed by atoms with Gasteiger partial charge in [0.25, 0.3) is 0 Å². The van der Waals surface area contributed by atoms with Crippen LogP contribution in [0.1, 0.15) is 0 Å². The number of anilines is 2. The Labute approximate surface area is 97.4 Å². The number of carbonyl (C=O) groups excluding carboxylic acids is 2. The molecule has 16 heavy (non-hydrogen) atoms. The smallest absolute Gasteiger partial charge is 0.250 e. The molecule has 0 spiro atoms. The van der Waals surface area contributed by atoms with Gasteiger partial charge in [0.05, 0.1) is 0 Å². The number of amides is 2. The Kier molecular flexibility index (Phi) is 4.75.